The van der Waals surface area contributed by atoms with Crippen molar-refractivity contribution in [1.29, 1.82) is 0 Å². The van der Waals surface area contributed by atoms with Gasteiger partial charge in [-0.2, -0.15) is 26.3 Å². The van der Waals surface area contributed by atoms with Crippen molar-refractivity contribution in [2.45, 2.75) is 37.3 Å². The molecule has 3 rings (SSSR count). The number of hydrogen-bond acceptors (Lipinski definition) is 4. The van der Waals surface area contributed by atoms with Crippen LogP contribution < -0.4 is 10.6 Å². The van der Waals surface area contributed by atoms with Crippen LogP contribution >= 0.6 is 0 Å². The molecular weight excluding hydrogens is 388 g/mol. The summed E-state index contributed by atoms with van der Waals surface area (Å²) in [7, 11) is 0. The topological polar surface area (TPSA) is 57.2 Å². The fourth-order valence-electron chi connectivity index (χ4n) is 3.34. The summed E-state index contributed by atoms with van der Waals surface area (Å²) in [6, 6.07) is 3.66. The SMILES string of the molecule is OC(CNC1CCCNC1)c1cc(C(F)(F)F)nc2c(C(F)(F)F)cccc12. The molecule has 2 heterocycles. The van der Waals surface area contributed by atoms with Gasteiger partial charge in [0.2, 0.25) is 0 Å². The zero-order valence-corrected chi connectivity index (χ0v) is 14.7. The van der Waals surface area contributed by atoms with Crippen LogP contribution in [0.15, 0.2) is 24.3 Å². The minimum Gasteiger partial charge on any atom is -0.387 e. The first kappa shape index (κ1) is 20.8. The third kappa shape index (κ3) is 4.56. The maximum atomic E-state index is 13.3. The molecule has 1 aromatic carbocycles. The van der Waals surface area contributed by atoms with Crippen molar-refractivity contribution >= 4 is 10.9 Å². The molecule has 28 heavy (non-hydrogen) atoms. The van der Waals surface area contributed by atoms with E-state index in [4.69, 9.17) is 0 Å². The molecule has 0 aliphatic carbocycles. The van der Waals surface area contributed by atoms with Gasteiger partial charge in [-0.05, 0) is 37.1 Å². The van der Waals surface area contributed by atoms with Crippen LogP contribution in [0.1, 0.15) is 35.8 Å². The van der Waals surface area contributed by atoms with Gasteiger partial charge < -0.3 is 15.7 Å². The molecule has 154 valence electrons. The van der Waals surface area contributed by atoms with Gasteiger partial charge >= 0.3 is 12.4 Å². The van der Waals surface area contributed by atoms with Crippen molar-refractivity contribution in [3.05, 3.63) is 41.1 Å². The molecule has 0 saturated carbocycles. The van der Waals surface area contributed by atoms with E-state index >= 15 is 0 Å². The van der Waals surface area contributed by atoms with Gasteiger partial charge in [-0.1, -0.05) is 12.1 Å². The molecule has 1 saturated heterocycles. The fraction of sp³-hybridized carbons (Fsp3) is 0.500. The number of fused-ring (bicyclic) bond motifs is 1. The average Bonchev–Trinajstić information content (AvgIpc) is 2.64. The highest BCUT2D eigenvalue weighted by Gasteiger charge is 2.38. The van der Waals surface area contributed by atoms with Gasteiger partial charge in [0.05, 0.1) is 17.2 Å². The molecule has 4 nitrogen and oxygen atoms in total. The van der Waals surface area contributed by atoms with E-state index in [1.165, 1.54) is 6.07 Å². The van der Waals surface area contributed by atoms with Crippen LogP contribution in [0.3, 0.4) is 0 Å². The quantitative estimate of drug-likeness (QED) is 0.678. The second-order valence-electron chi connectivity index (χ2n) is 6.76. The third-order valence-electron chi connectivity index (χ3n) is 4.72. The standard InChI is InChI=1S/C18H19F6N3O/c19-17(20,21)13-5-1-4-11-12(7-15(18(22,23)24)27-16(11)13)14(28)9-26-10-3-2-6-25-8-10/h1,4-5,7,10,14,25-26,28H,2-3,6,8-9H2. The number of alkyl halides is 6. The van der Waals surface area contributed by atoms with Gasteiger partial charge in [-0.25, -0.2) is 4.98 Å². The zero-order valence-electron chi connectivity index (χ0n) is 14.7. The van der Waals surface area contributed by atoms with Crippen molar-refractivity contribution < 1.29 is 31.4 Å². The first-order chi connectivity index (χ1) is 13.1. The lowest BCUT2D eigenvalue weighted by molar-refractivity contribution is -0.142. The summed E-state index contributed by atoms with van der Waals surface area (Å²) >= 11 is 0. The van der Waals surface area contributed by atoms with Gasteiger partial charge in [0, 0.05) is 24.5 Å². The normalized spacial score (nSPS) is 19.8. The monoisotopic (exact) mass is 407 g/mol. The number of pyridine rings is 1. The lowest BCUT2D eigenvalue weighted by Crippen LogP contribution is -2.44. The Labute approximate surface area is 156 Å². The largest absolute Gasteiger partial charge is 0.433 e. The zero-order chi connectivity index (χ0) is 20.5. The number of para-hydroxylation sites is 1. The average molecular weight is 407 g/mol. The summed E-state index contributed by atoms with van der Waals surface area (Å²) in [6.45, 7) is 1.43. The van der Waals surface area contributed by atoms with Crippen molar-refractivity contribution in [2.75, 3.05) is 19.6 Å². The molecule has 1 fully saturated rings. The number of hydrogen-bond donors (Lipinski definition) is 3. The summed E-state index contributed by atoms with van der Waals surface area (Å²) in [5, 5.41) is 16.5. The Morgan fingerprint density at radius 1 is 1.18 bits per heavy atom. The molecule has 10 heteroatoms. The van der Waals surface area contributed by atoms with Crippen molar-refractivity contribution in [3.8, 4) is 0 Å². The molecule has 0 amide bonds. The number of piperidine rings is 1. The first-order valence-electron chi connectivity index (χ1n) is 8.77. The Hall–Kier alpha value is -1.91. The molecule has 1 aliphatic rings. The molecule has 0 bridgehead atoms. The predicted octanol–water partition coefficient (Wildman–Crippen LogP) is 3.65. The van der Waals surface area contributed by atoms with E-state index in [1.807, 2.05) is 0 Å². The summed E-state index contributed by atoms with van der Waals surface area (Å²) in [5.41, 5.74) is -3.79. The summed E-state index contributed by atoms with van der Waals surface area (Å²) in [4.78, 5) is 3.22. The molecule has 2 aromatic rings. The third-order valence-corrected chi connectivity index (χ3v) is 4.72. The lowest BCUT2D eigenvalue weighted by atomic mass is 9.99. The molecule has 2 atom stereocenters. The molecule has 0 spiro atoms. The van der Waals surface area contributed by atoms with Crippen LogP contribution in [0.5, 0.6) is 0 Å². The van der Waals surface area contributed by atoms with E-state index in [-0.39, 0.29) is 23.5 Å². The Bertz CT molecular complexity index is 830. The molecule has 1 aliphatic heterocycles. The van der Waals surface area contributed by atoms with Crippen molar-refractivity contribution in [1.82, 2.24) is 15.6 Å². The highest BCUT2D eigenvalue weighted by atomic mass is 19.4. The fourth-order valence-corrected chi connectivity index (χ4v) is 3.34. The Balaban J connectivity index is 2.02. The minimum absolute atomic E-state index is 0.0318. The van der Waals surface area contributed by atoms with Gasteiger partial charge in [0.25, 0.3) is 0 Å². The van der Waals surface area contributed by atoms with Gasteiger partial charge in [-0.15, -0.1) is 0 Å². The summed E-state index contributed by atoms with van der Waals surface area (Å²) in [6.07, 6.45) is -9.48. The van der Waals surface area contributed by atoms with Crippen LogP contribution in [0, 0.1) is 0 Å². The number of aliphatic hydroxyl groups excluding tert-OH is 1. The summed E-state index contributed by atoms with van der Waals surface area (Å²) in [5.74, 6) is 0. The van der Waals surface area contributed by atoms with E-state index in [9.17, 15) is 31.4 Å². The Morgan fingerprint density at radius 2 is 1.93 bits per heavy atom. The number of nitrogens with zero attached hydrogens (tertiary/aromatic N) is 1. The number of nitrogens with one attached hydrogen (secondary N) is 2. The molecule has 0 radical (unpaired) electrons. The van der Waals surface area contributed by atoms with E-state index in [1.54, 1.807) is 0 Å². The number of aromatic nitrogens is 1. The maximum absolute atomic E-state index is 13.3. The maximum Gasteiger partial charge on any atom is 0.433 e. The highest BCUT2D eigenvalue weighted by molar-refractivity contribution is 5.86. The number of halogens is 6. The summed E-state index contributed by atoms with van der Waals surface area (Å²) < 4.78 is 79.4. The second kappa shape index (κ2) is 7.84. The first-order valence-corrected chi connectivity index (χ1v) is 8.77. The van der Waals surface area contributed by atoms with E-state index < -0.39 is 35.2 Å². The smallest absolute Gasteiger partial charge is 0.387 e. The van der Waals surface area contributed by atoms with E-state index in [0.29, 0.717) is 18.7 Å². The minimum atomic E-state index is -4.94. The van der Waals surface area contributed by atoms with Gasteiger partial charge in [0.15, 0.2) is 0 Å². The van der Waals surface area contributed by atoms with Crippen LogP contribution in [-0.4, -0.2) is 35.8 Å². The molecular formula is C18H19F6N3O. The Morgan fingerprint density at radius 3 is 2.54 bits per heavy atom. The van der Waals surface area contributed by atoms with Crippen LogP contribution in [0.25, 0.3) is 10.9 Å². The number of rotatable bonds is 4. The van der Waals surface area contributed by atoms with Crippen molar-refractivity contribution in [2.24, 2.45) is 0 Å². The van der Waals surface area contributed by atoms with Gasteiger partial charge in [0.1, 0.15) is 5.69 Å². The van der Waals surface area contributed by atoms with Crippen LogP contribution in [0.4, 0.5) is 26.3 Å². The second-order valence-corrected chi connectivity index (χ2v) is 6.76. The number of aliphatic hydroxyl groups is 1. The predicted molar refractivity (Wildman–Crippen MR) is 90.6 cm³/mol. The molecule has 2 unspecified atom stereocenters. The highest BCUT2D eigenvalue weighted by Crippen LogP contribution is 2.38. The van der Waals surface area contributed by atoms with Crippen LogP contribution in [0.2, 0.25) is 0 Å². The van der Waals surface area contributed by atoms with Crippen LogP contribution in [-0.2, 0) is 12.4 Å². The lowest BCUT2D eigenvalue weighted by Gasteiger charge is -2.26. The molecule has 3 N–H and O–H groups in total. The molecule has 1 aromatic heterocycles. The van der Waals surface area contributed by atoms with E-state index in [0.717, 1.165) is 25.5 Å². The number of benzene rings is 1. The van der Waals surface area contributed by atoms with Crippen molar-refractivity contribution in [3.63, 3.8) is 0 Å². The van der Waals surface area contributed by atoms with Gasteiger partial charge in [-0.3, -0.25) is 0 Å². The Kier molecular flexibility index (Phi) is 5.83. The van der Waals surface area contributed by atoms with E-state index in [2.05, 4.69) is 15.6 Å².